The number of fused-ring (bicyclic) bond motifs is 1. The van der Waals surface area contributed by atoms with Crippen LogP contribution in [0.3, 0.4) is 0 Å². The van der Waals surface area contributed by atoms with Gasteiger partial charge in [0.1, 0.15) is 0 Å². The van der Waals surface area contributed by atoms with Gasteiger partial charge in [0.05, 0.1) is 10.9 Å². The number of rotatable bonds is 3. The number of carbonyl (C=O) groups is 1. The summed E-state index contributed by atoms with van der Waals surface area (Å²) in [5, 5.41) is 6.25. The molecule has 0 spiro atoms. The molecule has 1 atom stereocenters. The Morgan fingerprint density at radius 1 is 1.50 bits per heavy atom. The van der Waals surface area contributed by atoms with Crippen LogP contribution in [0.25, 0.3) is 0 Å². The quantitative estimate of drug-likeness (QED) is 0.784. The highest BCUT2D eigenvalue weighted by atomic mass is 32.2. The summed E-state index contributed by atoms with van der Waals surface area (Å²) in [6.45, 7) is 6.54. The molecule has 1 aromatic rings. The van der Waals surface area contributed by atoms with Crippen LogP contribution in [0.1, 0.15) is 20.8 Å². The van der Waals surface area contributed by atoms with E-state index in [1.807, 2.05) is 39.0 Å². The second kappa shape index (κ2) is 4.82. The standard InChI is InChI=1S/C13H19N3OS/c1-8-12(17)15-10-6-9(4-5-11(10)18-8)16-13(2,3)7-14/h4-6,8,16H,7,14H2,1-3H3,(H,15,17). The smallest absolute Gasteiger partial charge is 0.237 e. The van der Waals surface area contributed by atoms with Gasteiger partial charge in [-0.15, -0.1) is 11.8 Å². The third-order valence-electron chi connectivity index (χ3n) is 2.90. The SMILES string of the molecule is CC1Sc2ccc(NC(C)(C)CN)cc2NC1=O. The van der Waals surface area contributed by atoms with Crippen LogP contribution in [0.4, 0.5) is 11.4 Å². The number of benzene rings is 1. The molecular formula is C13H19N3OS. The van der Waals surface area contributed by atoms with Crippen molar-refractivity contribution in [2.24, 2.45) is 5.73 Å². The molecule has 0 aliphatic carbocycles. The van der Waals surface area contributed by atoms with Crippen LogP contribution in [0, 0.1) is 0 Å². The zero-order valence-electron chi connectivity index (χ0n) is 10.9. The van der Waals surface area contributed by atoms with Crippen molar-refractivity contribution in [2.45, 2.75) is 36.5 Å². The van der Waals surface area contributed by atoms with Gasteiger partial charge in [0.15, 0.2) is 0 Å². The van der Waals surface area contributed by atoms with Gasteiger partial charge in [0.25, 0.3) is 0 Å². The summed E-state index contributed by atoms with van der Waals surface area (Å²) >= 11 is 1.59. The highest BCUT2D eigenvalue weighted by Gasteiger charge is 2.23. The minimum Gasteiger partial charge on any atom is -0.379 e. The fraction of sp³-hybridized carbons (Fsp3) is 0.462. The molecule has 98 valence electrons. The van der Waals surface area contributed by atoms with Crippen LogP contribution in [-0.4, -0.2) is 23.2 Å². The Morgan fingerprint density at radius 3 is 2.89 bits per heavy atom. The molecule has 4 nitrogen and oxygen atoms in total. The van der Waals surface area contributed by atoms with E-state index in [0.717, 1.165) is 16.3 Å². The summed E-state index contributed by atoms with van der Waals surface area (Å²) in [7, 11) is 0. The summed E-state index contributed by atoms with van der Waals surface area (Å²) in [6.07, 6.45) is 0. The van der Waals surface area contributed by atoms with Crippen LogP contribution in [0.5, 0.6) is 0 Å². The van der Waals surface area contributed by atoms with Crippen molar-refractivity contribution in [3.8, 4) is 0 Å². The Bertz CT molecular complexity index is 473. The van der Waals surface area contributed by atoms with Crippen molar-refractivity contribution in [1.82, 2.24) is 0 Å². The summed E-state index contributed by atoms with van der Waals surface area (Å²) in [4.78, 5) is 12.7. The lowest BCUT2D eigenvalue weighted by molar-refractivity contribution is -0.115. The monoisotopic (exact) mass is 265 g/mol. The van der Waals surface area contributed by atoms with E-state index < -0.39 is 0 Å². The maximum absolute atomic E-state index is 11.6. The number of nitrogens with one attached hydrogen (secondary N) is 2. The summed E-state index contributed by atoms with van der Waals surface area (Å²) < 4.78 is 0. The molecule has 0 saturated heterocycles. The van der Waals surface area contributed by atoms with Gasteiger partial charge in [-0.25, -0.2) is 0 Å². The Labute approximate surface area is 112 Å². The van der Waals surface area contributed by atoms with E-state index in [0.29, 0.717) is 6.54 Å². The summed E-state index contributed by atoms with van der Waals surface area (Å²) in [5.41, 5.74) is 7.38. The lowest BCUT2D eigenvalue weighted by atomic mass is 10.1. The predicted octanol–water partition coefficient (Wildman–Crippen LogP) is 2.27. The van der Waals surface area contributed by atoms with Gasteiger partial charge < -0.3 is 16.4 Å². The molecule has 1 unspecified atom stereocenters. The Kier molecular flexibility index (Phi) is 3.54. The first kappa shape index (κ1) is 13.2. The number of amides is 1. The molecule has 1 aromatic carbocycles. The molecule has 0 bridgehead atoms. The second-order valence-corrected chi connectivity index (χ2v) is 6.56. The third-order valence-corrected chi connectivity index (χ3v) is 4.08. The minimum atomic E-state index is -0.159. The fourth-order valence-electron chi connectivity index (χ4n) is 1.73. The number of hydrogen-bond acceptors (Lipinski definition) is 4. The molecule has 1 aliphatic heterocycles. The molecule has 0 fully saturated rings. The van der Waals surface area contributed by atoms with E-state index in [1.54, 1.807) is 11.8 Å². The van der Waals surface area contributed by atoms with E-state index in [1.165, 1.54) is 0 Å². The van der Waals surface area contributed by atoms with Gasteiger partial charge in [-0.3, -0.25) is 4.79 Å². The Morgan fingerprint density at radius 2 is 2.22 bits per heavy atom. The maximum Gasteiger partial charge on any atom is 0.237 e. The predicted molar refractivity (Wildman–Crippen MR) is 77.1 cm³/mol. The number of anilines is 2. The van der Waals surface area contributed by atoms with Gasteiger partial charge in [-0.1, -0.05) is 0 Å². The largest absolute Gasteiger partial charge is 0.379 e. The number of hydrogen-bond donors (Lipinski definition) is 3. The van der Waals surface area contributed by atoms with Crippen LogP contribution in [0.15, 0.2) is 23.1 Å². The molecule has 0 radical (unpaired) electrons. The maximum atomic E-state index is 11.6. The first-order valence-electron chi connectivity index (χ1n) is 6.01. The molecule has 2 rings (SSSR count). The molecule has 1 heterocycles. The average molecular weight is 265 g/mol. The summed E-state index contributed by atoms with van der Waals surface area (Å²) in [6, 6.07) is 6.02. The lowest BCUT2D eigenvalue weighted by Gasteiger charge is -2.27. The molecule has 1 aliphatic rings. The fourth-order valence-corrected chi connectivity index (χ4v) is 2.66. The molecular weight excluding hydrogens is 246 g/mol. The molecule has 0 aromatic heterocycles. The van der Waals surface area contributed by atoms with Crippen molar-refractivity contribution in [2.75, 3.05) is 17.2 Å². The van der Waals surface area contributed by atoms with E-state index in [9.17, 15) is 4.79 Å². The normalized spacial score (nSPS) is 19.1. The van der Waals surface area contributed by atoms with Gasteiger partial charge in [0.2, 0.25) is 5.91 Å². The first-order valence-corrected chi connectivity index (χ1v) is 6.89. The van der Waals surface area contributed by atoms with Crippen molar-refractivity contribution >= 4 is 29.0 Å². The highest BCUT2D eigenvalue weighted by Crippen LogP contribution is 2.37. The van der Waals surface area contributed by atoms with Crippen LogP contribution < -0.4 is 16.4 Å². The van der Waals surface area contributed by atoms with Crippen LogP contribution >= 0.6 is 11.8 Å². The number of carbonyl (C=O) groups excluding carboxylic acids is 1. The van der Waals surface area contributed by atoms with Crippen LogP contribution in [0.2, 0.25) is 0 Å². The Hall–Kier alpha value is -1.20. The first-order chi connectivity index (χ1) is 8.41. The van der Waals surface area contributed by atoms with Crippen molar-refractivity contribution in [3.63, 3.8) is 0 Å². The van der Waals surface area contributed by atoms with Gasteiger partial charge in [-0.2, -0.15) is 0 Å². The second-order valence-electron chi connectivity index (χ2n) is 5.17. The Balaban J connectivity index is 2.23. The van der Waals surface area contributed by atoms with Crippen LogP contribution in [-0.2, 0) is 4.79 Å². The van der Waals surface area contributed by atoms with Gasteiger partial charge in [0, 0.05) is 22.7 Å². The molecule has 4 N–H and O–H groups in total. The minimum absolute atomic E-state index is 0.0307. The van der Waals surface area contributed by atoms with Crippen molar-refractivity contribution in [1.29, 1.82) is 0 Å². The van der Waals surface area contributed by atoms with E-state index in [2.05, 4.69) is 10.6 Å². The highest BCUT2D eigenvalue weighted by molar-refractivity contribution is 8.00. The zero-order valence-corrected chi connectivity index (χ0v) is 11.7. The zero-order chi connectivity index (χ0) is 13.3. The number of nitrogens with two attached hydrogens (primary N) is 1. The van der Waals surface area contributed by atoms with E-state index >= 15 is 0 Å². The van der Waals surface area contributed by atoms with Gasteiger partial charge in [-0.05, 0) is 39.0 Å². The van der Waals surface area contributed by atoms with Gasteiger partial charge >= 0.3 is 0 Å². The molecule has 1 amide bonds. The molecule has 18 heavy (non-hydrogen) atoms. The topological polar surface area (TPSA) is 67.2 Å². The van der Waals surface area contributed by atoms with Crippen molar-refractivity contribution in [3.05, 3.63) is 18.2 Å². The third kappa shape index (κ3) is 2.79. The van der Waals surface area contributed by atoms with E-state index in [-0.39, 0.29) is 16.7 Å². The number of thioether (sulfide) groups is 1. The average Bonchev–Trinajstić information content (AvgIpc) is 2.31. The van der Waals surface area contributed by atoms with E-state index in [4.69, 9.17) is 5.73 Å². The van der Waals surface area contributed by atoms with Crippen molar-refractivity contribution < 1.29 is 4.79 Å². The summed E-state index contributed by atoms with van der Waals surface area (Å²) in [5.74, 6) is 0.0581. The molecule has 5 heteroatoms. The lowest BCUT2D eigenvalue weighted by Crippen LogP contribution is -2.39. The molecule has 0 saturated carbocycles.